The normalized spacial score (nSPS) is 16.4. The van der Waals surface area contributed by atoms with Crippen molar-refractivity contribution in [3.63, 3.8) is 0 Å². The smallest absolute Gasteiger partial charge is 0.335 e. The summed E-state index contributed by atoms with van der Waals surface area (Å²) in [5.41, 5.74) is 0.263. The molecule has 1 saturated carbocycles. The Morgan fingerprint density at radius 1 is 1.10 bits per heavy atom. The molecule has 5 heteroatoms. The van der Waals surface area contributed by atoms with E-state index >= 15 is 0 Å². The molecular weight excluding hydrogens is 258 g/mol. The number of anilines is 1. The number of carbonyl (C=O) groups excluding carboxylic acids is 1. The highest BCUT2D eigenvalue weighted by Crippen LogP contribution is 2.28. The zero-order valence-corrected chi connectivity index (χ0v) is 11.3. The topological polar surface area (TPSA) is 86.6 Å². The monoisotopic (exact) mass is 277 g/mol. The van der Waals surface area contributed by atoms with Gasteiger partial charge in [0, 0.05) is 5.92 Å². The van der Waals surface area contributed by atoms with Gasteiger partial charge in [0.05, 0.1) is 11.3 Å². The second kappa shape index (κ2) is 6.41. The number of carbonyl (C=O) groups is 2. The first-order valence-electron chi connectivity index (χ1n) is 6.95. The molecule has 20 heavy (non-hydrogen) atoms. The molecule has 1 aliphatic rings. The van der Waals surface area contributed by atoms with Gasteiger partial charge in [0.25, 0.3) is 0 Å². The number of benzene rings is 1. The predicted octanol–water partition coefficient (Wildman–Crippen LogP) is 3.00. The molecule has 0 spiro atoms. The minimum Gasteiger partial charge on any atom is -0.506 e. The van der Waals surface area contributed by atoms with E-state index in [0.717, 1.165) is 31.7 Å². The fraction of sp³-hybridized carbons (Fsp3) is 0.467. The summed E-state index contributed by atoms with van der Waals surface area (Å²) in [7, 11) is 0. The number of phenolic OH excluding ortho intramolecular Hbond substituents is 1. The molecule has 1 fully saturated rings. The molecule has 1 aromatic rings. The van der Waals surface area contributed by atoms with Gasteiger partial charge < -0.3 is 15.5 Å². The molecule has 0 radical (unpaired) electrons. The van der Waals surface area contributed by atoms with Gasteiger partial charge in [-0.1, -0.05) is 25.7 Å². The van der Waals surface area contributed by atoms with Gasteiger partial charge in [-0.3, -0.25) is 4.79 Å². The Bertz CT molecular complexity index is 505. The van der Waals surface area contributed by atoms with Crippen LogP contribution in [0.4, 0.5) is 5.69 Å². The molecule has 2 rings (SSSR count). The maximum Gasteiger partial charge on any atom is 0.335 e. The van der Waals surface area contributed by atoms with Crippen LogP contribution in [0.2, 0.25) is 0 Å². The number of nitrogens with one attached hydrogen (secondary N) is 1. The number of carboxylic acid groups (broad SMARTS) is 1. The Morgan fingerprint density at radius 2 is 1.75 bits per heavy atom. The Kier molecular flexibility index (Phi) is 4.61. The highest BCUT2D eigenvalue weighted by molar-refractivity contribution is 5.95. The molecule has 108 valence electrons. The third-order valence-corrected chi connectivity index (χ3v) is 3.73. The van der Waals surface area contributed by atoms with Gasteiger partial charge in [-0.2, -0.15) is 0 Å². The van der Waals surface area contributed by atoms with Crippen molar-refractivity contribution in [3.8, 4) is 5.75 Å². The SMILES string of the molecule is O=C(O)c1ccc(NC(=O)C2CCCCCC2)c(O)c1. The molecule has 0 heterocycles. The fourth-order valence-electron chi connectivity index (χ4n) is 2.55. The first-order valence-corrected chi connectivity index (χ1v) is 6.95. The second-order valence-electron chi connectivity index (χ2n) is 5.21. The lowest BCUT2D eigenvalue weighted by atomic mass is 9.99. The number of phenols is 1. The summed E-state index contributed by atoms with van der Waals surface area (Å²) in [6, 6.07) is 3.93. The van der Waals surface area contributed by atoms with Crippen molar-refractivity contribution < 1.29 is 19.8 Å². The van der Waals surface area contributed by atoms with E-state index < -0.39 is 5.97 Å². The van der Waals surface area contributed by atoms with Gasteiger partial charge in [-0.05, 0) is 31.0 Å². The maximum atomic E-state index is 12.2. The number of aromatic carboxylic acids is 1. The third kappa shape index (κ3) is 3.50. The summed E-state index contributed by atoms with van der Waals surface area (Å²) in [6.07, 6.45) is 6.20. The summed E-state index contributed by atoms with van der Waals surface area (Å²) >= 11 is 0. The maximum absolute atomic E-state index is 12.2. The Labute approximate surface area is 117 Å². The van der Waals surface area contributed by atoms with E-state index in [1.54, 1.807) is 0 Å². The average molecular weight is 277 g/mol. The van der Waals surface area contributed by atoms with E-state index in [9.17, 15) is 14.7 Å². The van der Waals surface area contributed by atoms with Crippen LogP contribution in [0.15, 0.2) is 18.2 Å². The molecule has 1 aromatic carbocycles. The van der Waals surface area contributed by atoms with Gasteiger partial charge in [-0.25, -0.2) is 4.79 Å². The summed E-state index contributed by atoms with van der Waals surface area (Å²) in [6.45, 7) is 0. The summed E-state index contributed by atoms with van der Waals surface area (Å²) in [5, 5.41) is 21.3. The van der Waals surface area contributed by atoms with Crippen molar-refractivity contribution in [1.82, 2.24) is 0 Å². The van der Waals surface area contributed by atoms with E-state index in [0.29, 0.717) is 0 Å². The Balaban J connectivity index is 2.05. The van der Waals surface area contributed by atoms with Crippen molar-refractivity contribution in [3.05, 3.63) is 23.8 Å². The first kappa shape index (κ1) is 14.4. The van der Waals surface area contributed by atoms with E-state index in [1.165, 1.54) is 25.0 Å². The van der Waals surface area contributed by atoms with Crippen LogP contribution in [0.3, 0.4) is 0 Å². The van der Waals surface area contributed by atoms with Crippen LogP contribution in [0.1, 0.15) is 48.9 Å². The van der Waals surface area contributed by atoms with E-state index in [2.05, 4.69) is 5.32 Å². The quantitative estimate of drug-likeness (QED) is 0.585. The van der Waals surface area contributed by atoms with Crippen molar-refractivity contribution in [2.45, 2.75) is 38.5 Å². The molecule has 1 amide bonds. The number of rotatable bonds is 3. The lowest BCUT2D eigenvalue weighted by Crippen LogP contribution is -2.22. The van der Waals surface area contributed by atoms with Crippen molar-refractivity contribution >= 4 is 17.6 Å². The van der Waals surface area contributed by atoms with Gasteiger partial charge in [0.1, 0.15) is 5.75 Å². The third-order valence-electron chi connectivity index (χ3n) is 3.73. The average Bonchev–Trinajstić information content (AvgIpc) is 2.69. The highest BCUT2D eigenvalue weighted by atomic mass is 16.4. The molecular formula is C15H19NO4. The van der Waals surface area contributed by atoms with Crippen LogP contribution < -0.4 is 5.32 Å². The number of aromatic hydroxyl groups is 1. The molecule has 0 aliphatic heterocycles. The number of hydrogen-bond acceptors (Lipinski definition) is 3. The van der Waals surface area contributed by atoms with Crippen molar-refractivity contribution in [1.29, 1.82) is 0 Å². The van der Waals surface area contributed by atoms with Crippen LogP contribution in [0, 0.1) is 5.92 Å². The second-order valence-corrected chi connectivity index (χ2v) is 5.21. The predicted molar refractivity (Wildman–Crippen MR) is 74.9 cm³/mol. The number of amides is 1. The van der Waals surface area contributed by atoms with Gasteiger partial charge in [-0.15, -0.1) is 0 Å². The Morgan fingerprint density at radius 3 is 2.30 bits per heavy atom. The lowest BCUT2D eigenvalue weighted by Gasteiger charge is -2.15. The molecule has 3 N–H and O–H groups in total. The zero-order chi connectivity index (χ0) is 14.5. The summed E-state index contributed by atoms with van der Waals surface area (Å²) in [4.78, 5) is 22.9. The van der Waals surface area contributed by atoms with Gasteiger partial charge >= 0.3 is 5.97 Å². The van der Waals surface area contributed by atoms with Crippen molar-refractivity contribution in [2.24, 2.45) is 5.92 Å². The number of hydrogen-bond donors (Lipinski definition) is 3. The first-order chi connectivity index (χ1) is 9.58. The minimum atomic E-state index is -1.11. The van der Waals surface area contributed by atoms with E-state index in [-0.39, 0.29) is 28.8 Å². The molecule has 0 aromatic heterocycles. The van der Waals surface area contributed by atoms with Crippen molar-refractivity contribution in [2.75, 3.05) is 5.32 Å². The molecule has 0 bridgehead atoms. The van der Waals surface area contributed by atoms with Crippen LogP contribution in [-0.2, 0) is 4.79 Å². The summed E-state index contributed by atoms with van der Waals surface area (Å²) in [5.74, 6) is -1.44. The number of carboxylic acids is 1. The summed E-state index contributed by atoms with van der Waals surface area (Å²) < 4.78 is 0. The van der Waals surface area contributed by atoms with E-state index in [1.807, 2.05) is 0 Å². The van der Waals surface area contributed by atoms with Crippen LogP contribution in [-0.4, -0.2) is 22.1 Å². The zero-order valence-electron chi connectivity index (χ0n) is 11.3. The standard InChI is InChI=1S/C15H19NO4/c17-13-9-11(15(19)20)7-8-12(13)16-14(18)10-5-3-1-2-4-6-10/h7-10,17H,1-6H2,(H,16,18)(H,19,20). The van der Waals surface area contributed by atoms with Gasteiger partial charge in [0.2, 0.25) is 5.91 Å². The van der Waals surface area contributed by atoms with E-state index in [4.69, 9.17) is 5.11 Å². The van der Waals surface area contributed by atoms with Crippen LogP contribution in [0.25, 0.3) is 0 Å². The van der Waals surface area contributed by atoms with Gasteiger partial charge in [0.15, 0.2) is 0 Å². The molecule has 5 nitrogen and oxygen atoms in total. The Hall–Kier alpha value is -2.04. The lowest BCUT2D eigenvalue weighted by molar-refractivity contribution is -0.120. The molecule has 1 aliphatic carbocycles. The van der Waals surface area contributed by atoms with Crippen LogP contribution >= 0.6 is 0 Å². The molecule has 0 saturated heterocycles. The minimum absolute atomic E-state index is 0.00466. The molecule has 0 atom stereocenters. The highest BCUT2D eigenvalue weighted by Gasteiger charge is 2.21. The molecule has 0 unspecified atom stereocenters. The van der Waals surface area contributed by atoms with Crippen LogP contribution in [0.5, 0.6) is 5.75 Å². The fourth-order valence-corrected chi connectivity index (χ4v) is 2.55. The largest absolute Gasteiger partial charge is 0.506 e.